The molecule has 0 rings (SSSR count). The lowest BCUT2D eigenvalue weighted by molar-refractivity contribution is 0.160. The SMILES string of the molecule is CC(NC(=O)OCC#CI)SS. The Labute approximate surface area is 94.3 Å². The van der Waals surface area contributed by atoms with Crippen molar-refractivity contribution in [3.05, 3.63) is 0 Å². The van der Waals surface area contributed by atoms with E-state index in [2.05, 4.69) is 31.6 Å². The fourth-order valence-electron chi connectivity index (χ4n) is 0.363. The second kappa shape index (κ2) is 7.89. The molecule has 1 amide bonds. The van der Waals surface area contributed by atoms with Gasteiger partial charge >= 0.3 is 6.09 Å². The van der Waals surface area contributed by atoms with Crippen molar-refractivity contribution in [2.75, 3.05) is 6.61 Å². The van der Waals surface area contributed by atoms with E-state index in [1.165, 1.54) is 10.8 Å². The van der Waals surface area contributed by atoms with Crippen LogP contribution in [0.5, 0.6) is 0 Å². The summed E-state index contributed by atoms with van der Waals surface area (Å²) < 4.78 is 7.26. The van der Waals surface area contributed by atoms with Gasteiger partial charge in [-0.3, -0.25) is 0 Å². The predicted octanol–water partition coefficient (Wildman–Crippen LogP) is 2.03. The molecule has 0 saturated carbocycles. The van der Waals surface area contributed by atoms with E-state index < -0.39 is 6.09 Å². The maximum atomic E-state index is 10.8. The number of nitrogens with one attached hydrogen (secondary N) is 1. The Morgan fingerprint density at radius 1 is 1.92 bits per heavy atom. The molecule has 0 aromatic rings. The molecule has 0 heterocycles. The molecule has 0 fully saturated rings. The van der Waals surface area contributed by atoms with E-state index in [4.69, 9.17) is 0 Å². The zero-order valence-electron chi connectivity index (χ0n) is 6.33. The smallest absolute Gasteiger partial charge is 0.408 e. The standard InChI is InChI=1S/C6H8INO2S2/c1-5(12-11)8-6(9)10-4-2-3-7/h5,11H,4H2,1H3,(H,8,9). The van der Waals surface area contributed by atoms with Crippen LogP contribution in [0.1, 0.15) is 6.92 Å². The first kappa shape index (κ1) is 12.3. The minimum absolute atomic E-state index is 0.0617. The van der Waals surface area contributed by atoms with Crippen LogP contribution in [0.4, 0.5) is 4.79 Å². The maximum absolute atomic E-state index is 10.8. The van der Waals surface area contributed by atoms with Gasteiger partial charge in [0.05, 0.1) is 5.37 Å². The topological polar surface area (TPSA) is 38.3 Å². The monoisotopic (exact) mass is 317 g/mol. The predicted molar refractivity (Wildman–Crippen MR) is 62.3 cm³/mol. The Balaban J connectivity index is 3.50. The van der Waals surface area contributed by atoms with Crippen molar-refractivity contribution in [3.8, 4) is 9.85 Å². The van der Waals surface area contributed by atoms with Crippen LogP contribution in [0.3, 0.4) is 0 Å². The van der Waals surface area contributed by atoms with Crippen LogP contribution < -0.4 is 5.32 Å². The van der Waals surface area contributed by atoms with Crippen molar-refractivity contribution in [3.63, 3.8) is 0 Å². The number of carbonyl (C=O) groups excluding carboxylic acids is 1. The number of thiol groups is 1. The molecule has 6 heteroatoms. The number of hydrogen-bond acceptors (Lipinski definition) is 4. The molecule has 0 bridgehead atoms. The summed E-state index contributed by atoms with van der Waals surface area (Å²) in [6, 6.07) is 0. The van der Waals surface area contributed by atoms with E-state index in [-0.39, 0.29) is 12.0 Å². The molecule has 0 saturated heterocycles. The van der Waals surface area contributed by atoms with Gasteiger partial charge in [0.25, 0.3) is 0 Å². The van der Waals surface area contributed by atoms with Crippen LogP contribution >= 0.6 is 45.0 Å². The molecular weight excluding hydrogens is 309 g/mol. The van der Waals surface area contributed by atoms with Gasteiger partial charge in [-0.25, -0.2) is 4.79 Å². The highest BCUT2D eigenvalue weighted by Gasteiger charge is 2.05. The number of alkyl carbamates (subject to hydrolysis) is 1. The van der Waals surface area contributed by atoms with Gasteiger partial charge in [-0.05, 0) is 10.9 Å². The van der Waals surface area contributed by atoms with Crippen molar-refractivity contribution < 1.29 is 9.53 Å². The van der Waals surface area contributed by atoms with E-state index in [0.717, 1.165) is 0 Å². The Morgan fingerprint density at radius 2 is 2.58 bits per heavy atom. The lowest BCUT2D eigenvalue weighted by Gasteiger charge is -2.08. The Morgan fingerprint density at radius 3 is 3.08 bits per heavy atom. The average Bonchev–Trinajstić information content (AvgIpc) is 2.05. The molecule has 0 aliphatic carbocycles. The fourth-order valence-corrected chi connectivity index (χ4v) is 0.826. The zero-order chi connectivity index (χ0) is 9.40. The van der Waals surface area contributed by atoms with Crippen LogP contribution in [0, 0.1) is 9.85 Å². The average molecular weight is 317 g/mol. The third-order valence-electron chi connectivity index (χ3n) is 0.821. The normalized spacial score (nSPS) is 10.9. The van der Waals surface area contributed by atoms with Gasteiger partial charge in [0.15, 0.2) is 6.61 Å². The fraction of sp³-hybridized carbons (Fsp3) is 0.500. The highest BCUT2D eigenvalue weighted by molar-refractivity contribution is 14.1. The number of hydrogen-bond donors (Lipinski definition) is 2. The molecule has 0 aliphatic heterocycles. The van der Waals surface area contributed by atoms with Gasteiger partial charge in [-0.1, -0.05) is 16.7 Å². The summed E-state index contributed by atoms with van der Waals surface area (Å²) in [4.78, 5) is 10.8. The van der Waals surface area contributed by atoms with Gasteiger partial charge in [0.1, 0.15) is 0 Å². The van der Waals surface area contributed by atoms with Crippen molar-refractivity contribution in [1.29, 1.82) is 0 Å². The van der Waals surface area contributed by atoms with Crippen molar-refractivity contribution >= 4 is 51.1 Å². The number of amides is 1. The number of rotatable bonds is 3. The Kier molecular flexibility index (Phi) is 8.06. The summed E-state index contributed by atoms with van der Waals surface area (Å²) in [6.45, 7) is 1.93. The highest BCUT2D eigenvalue weighted by atomic mass is 127. The Bertz CT molecular complexity index is 201. The molecule has 0 aliphatic rings. The van der Waals surface area contributed by atoms with Gasteiger partial charge < -0.3 is 10.1 Å². The summed E-state index contributed by atoms with van der Waals surface area (Å²) in [5.74, 6) is 2.60. The first-order valence-corrected chi connectivity index (χ1v) is 6.03. The summed E-state index contributed by atoms with van der Waals surface area (Å²) >= 11 is 5.79. The molecule has 1 N–H and O–H groups in total. The zero-order valence-corrected chi connectivity index (χ0v) is 10.2. The van der Waals surface area contributed by atoms with Gasteiger partial charge in [-0.15, -0.1) is 11.7 Å². The highest BCUT2D eigenvalue weighted by Crippen LogP contribution is 2.10. The summed E-state index contributed by atoms with van der Waals surface area (Å²) in [5.41, 5.74) is 0. The summed E-state index contributed by atoms with van der Waals surface area (Å²) in [6.07, 6.45) is -0.469. The lowest BCUT2D eigenvalue weighted by Crippen LogP contribution is -2.30. The first-order chi connectivity index (χ1) is 5.70. The molecule has 0 aromatic carbocycles. The molecular formula is C6H8INO2S2. The quantitative estimate of drug-likeness (QED) is 0.275. The number of ether oxygens (including phenoxy) is 1. The van der Waals surface area contributed by atoms with E-state index in [0.29, 0.717) is 0 Å². The number of halogens is 1. The summed E-state index contributed by atoms with van der Waals surface area (Å²) in [7, 11) is 1.24. The van der Waals surface area contributed by atoms with Gasteiger partial charge in [0.2, 0.25) is 0 Å². The minimum Gasteiger partial charge on any atom is -0.436 e. The van der Waals surface area contributed by atoms with Crippen LogP contribution in [0.25, 0.3) is 0 Å². The van der Waals surface area contributed by atoms with Crippen LogP contribution in [0.15, 0.2) is 0 Å². The second-order valence-corrected chi connectivity index (χ2v) is 3.83. The maximum Gasteiger partial charge on any atom is 0.408 e. The molecule has 0 spiro atoms. The number of carbonyl (C=O) groups is 1. The van der Waals surface area contributed by atoms with E-state index >= 15 is 0 Å². The van der Waals surface area contributed by atoms with Crippen LogP contribution in [-0.4, -0.2) is 18.1 Å². The van der Waals surface area contributed by atoms with Crippen molar-refractivity contribution in [1.82, 2.24) is 5.32 Å². The molecule has 0 aromatic heterocycles. The van der Waals surface area contributed by atoms with Crippen LogP contribution in [0.2, 0.25) is 0 Å². The van der Waals surface area contributed by atoms with Gasteiger partial charge in [-0.2, -0.15) is 0 Å². The second-order valence-electron chi connectivity index (χ2n) is 1.74. The van der Waals surface area contributed by atoms with Crippen molar-refractivity contribution in [2.45, 2.75) is 12.3 Å². The van der Waals surface area contributed by atoms with E-state index in [1.54, 1.807) is 0 Å². The third-order valence-corrected chi connectivity index (χ3v) is 2.59. The summed E-state index contributed by atoms with van der Waals surface area (Å²) in [5, 5.41) is 2.48. The molecule has 0 radical (unpaired) electrons. The largest absolute Gasteiger partial charge is 0.436 e. The molecule has 1 atom stereocenters. The molecule has 1 unspecified atom stereocenters. The minimum atomic E-state index is -0.469. The van der Waals surface area contributed by atoms with E-state index in [1.807, 2.05) is 29.5 Å². The first-order valence-electron chi connectivity index (χ1n) is 3.02. The molecule has 68 valence electrons. The third kappa shape index (κ3) is 6.94. The lowest BCUT2D eigenvalue weighted by atomic mass is 10.7. The van der Waals surface area contributed by atoms with E-state index in [9.17, 15) is 4.79 Å². The van der Waals surface area contributed by atoms with Gasteiger partial charge in [0, 0.05) is 22.6 Å². The Hall–Kier alpha value is 0.260. The van der Waals surface area contributed by atoms with Crippen molar-refractivity contribution in [2.24, 2.45) is 0 Å². The van der Waals surface area contributed by atoms with Crippen LogP contribution in [-0.2, 0) is 4.74 Å². The molecule has 3 nitrogen and oxygen atoms in total. The molecule has 12 heavy (non-hydrogen) atoms.